The number of rotatable bonds is 5. The van der Waals surface area contributed by atoms with Gasteiger partial charge in [-0.2, -0.15) is 0 Å². The zero-order valence-electron chi connectivity index (χ0n) is 12.7. The first-order chi connectivity index (χ1) is 9.60. The summed E-state index contributed by atoms with van der Waals surface area (Å²) in [6.45, 7) is 6.26. The van der Waals surface area contributed by atoms with Gasteiger partial charge in [-0.3, -0.25) is 4.90 Å². The highest BCUT2D eigenvalue weighted by atomic mass is 19.1. The normalized spacial score (nSPS) is 23.2. The first-order valence-corrected chi connectivity index (χ1v) is 7.84. The number of benzene rings is 1. The summed E-state index contributed by atoms with van der Waals surface area (Å²) in [5.74, 6) is -0.142. The molecule has 1 aliphatic carbocycles. The van der Waals surface area contributed by atoms with E-state index in [9.17, 15) is 4.39 Å². The van der Waals surface area contributed by atoms with Crippen LogP contribution in [0.4, 0.5) is 4.39 Å². The molecule has 0 unspecified atom stereocenters. The number of halogens is 1. The van der Waals surface area contributed by atoms with Gasteiger partial charge in [0.15, 0.2) is 0 Å². The molecule has 0 aliphatic heterocycles. The molecule has 0 heterocycles. The van der Waals surface area contributed by atoms with Crippen molar-refractivity contribution in [2.45, 2.75) is 64.6 Å². The standard InChI is InChI=1S/C17H27FN2/c1-3-10-20(17-8-6-16(19)7-9-17)12-14-4-5-15(18)11-13(14)2/h4-5,11,16-17H,3,6-10,12,19H2,1-2H3. The van der Waals surface area contributed by atoms with Gasteiger partial charge in [0.2, 0.25) is 0 Å². The van der Waals surface area contributed by atoms with Gasteiger partial charge in [-0.25, -0.2) is 4.39 Å². The lowest BCUT2D eigenvalue weighted by Crippen LogP contribution is -2.41. The number of nitrogens with zero attached hydrogens (tertiary/aromatic N) is 1. The van der Waals surface area contributed by atoms with Crippen molar-refractivity contribution in [1.29, 1.82) is 0 Å². The average molecular weight is 278 g/mol. The van der Waals surface area contributed by atoms with E-state index in [1.54, 1.807) is 12.1 Å². The van der Waals surface area contributed by atoms with Crippen LogP contribution in [0.1, 0.15) is 50.2 Å². The van der Waals surface area contributed by atoms with Crippen molar-refractivity contribution in [2.75, 3.05) is 6.54 Å². The lowest BCUT2D eigenvalue weighted by atomic mass is 9.90. The van der Waals surface area contributed by atoms with Crippen molar-refractivity contribution in [2.24, 2.45) is 5.73 Å². The Morgan fingerprint density at radius 3 is 2.55 bits per heavy atom. The van der Waals surface area contributed by atoms with Gasteiger partial charge in [0.1, 0.15) is 5.82 Å². The maximum Gasteiger partial charge on any atom is 0.123 e. The van der Waals surface area contributed by atoms with E-state index in [2.05, 4.69) is 11.8 Å². The predicted molar refractivity (Wildman–Crippen MR) is 82.1 cm³/mol. The van der Waals surface area contributed by atoms with E-state index in [0.717, 1.165) is 37.9 Å². The molecular weight excluding hydrogens is 251 g/mol. The molecule has 20 heavy (non-hydrogen) atoms. The Bertz CT molecular complexity index is 425. The van der Waals surface area contributed by atoms with Gasteiger partial charge in [0.05, 0.1) is 0 Å². The summed E-state index contributed by atoms with van der Waals surface area (Å²) in [4.78, 5) is 2.56. The Balaban J connectivity index is 2.04. The molecule has 0 atom stereocenters. The van der Waals surface area contributed by atoms with Crippen LogP contribution in [0.25, 0.3) is 0 Å². The molecule has 1 aliphatic rings. The van der Waals surface area contributed by atoms with Crippen LogP contribution in [0.2, 0.25) is 0 Å². The molecule has 1 aromatic carbocycles. The van der Waals surface area contributed by atoms with Gasteiger partial charge in [-0.05, 0) is 68.8 Å². The fourth-order valence-corrected chi connectivity index (χ4v) is 3.20. The number of aryl methyl sites for hydroxylation is 1. The Labute approximate surface area is 122 Å². The van der Waals surface area contributed by atoms with Crippen molar-refractivity contribution < 1.29 is 4.39 Å². The van der Waals surface area contributed by atoms with E-state index < -0.39 is 0 Å². The first-order valence-electron chi connectivity index (χ1n) is 7.84. The average Bonchev–Trinajstić information content (AvgIpc) is 2.42. The van der Waals surface area contributed by atoms with Gasteiger partial charge in [0, 0.05) is 18.6 Å². The molecule has 0 amide bonds. The summed E-state index contributed by atoms with van der Waals surface area (Å²) in [5, 5.41) is 0. The fraction of sp³-hybridized carbons (Fsp3) is 0.647. The summed E-state index contributed by atoms with van der Waals surface area (Å²) < 4.78 is 13.2. The summed E-state index contributed by atoms with van der Waals surface area (Å²) in [6.07, 6.45) is 5.81. The van der Waals surface area contributed by atoms with Crippen molar-refractivity contribution in [3.63, 3.8) is 0 Å². The summed E-state index contributed by atoms with van der Waals surface area (Å²) in [7, 11) is 0. The highest BCUT2D eigenvalue weighted by Gasteiger charge is 2.24. The minimum atomic E-state index is -0.142. The third kappa shape index (κ3) is 4.03. The highest BCUT2D eigenvalue weighted by Crippen LogP contribution is 2.24. The van der Waals surface area contributed by atoms with Gasteiger partial charge >= 0.3 is 0 Å². The molecule has 0 spiro atoms. The Hall–Kier alpha value is -0.930. The van der Waals surface area contributed by atoms with Crippen LogP contribution in [0.5, 0.6) is 0 Å². The smallest absolute Gasteiger partial charge is 0.123 e. The van der Waals surface area contributed by atoms with Crippen molar-refractivity contribution >= 4 is 0 Å². The van der Waals surface area contributed by atoms with Gasteiger partial charge < -0.3 is 5.73 Å². The zero-order chi connectivity index (χ0) is 14.5. The van der Waals surface area contributed by atoms with Crippen LogP contribution >= 0.6 is 0 Å². The van der Waals surface area contributed by atoms with E-state index in [-0.39, 0.29) is 5.82 Å². The molecule has 0 bridgehead atoms. The number of hydrogen-bond acceptors (Lipinski definition) is 2. The minimum absolute atomic E-state index is 0.142. The predicted octanol–water partition coefficient (Wildman–Crippen LogP) is 3.62. The summed E-state index contributed by atoms with van der Waals surface area (Å²) in [5.41, 5.74) is 8.30. The second-order valence-electron chi connectivity index (χ2n) is 6.11. The quantitative estimate of drug-likeness (QED) is 0.891. The maximum atomic E-state index is 13.2. The van der Waals surface area contributed by atoms with Crippen LogP contribution in [0.15, 0.2) is 18.2 Å². The summed E-state index contributed by atoms with van der Waals surface area (Å²) in [6, 6.07) is 6.17. The Kier molecular flexibility index (Phi) is 5.55. The molecule has 2 nitrogen and oxygen atoms in total. The van der Waals surface area contributed by atoms with Crippen molar-refractivity contribution in [1.82, 2.24) is 4.90 Å². The maximum absolute atomic E-state index is 13.2. The Morgan fingerprint density at radius 2 is 1.95 bits per heavy atom. The second kappa shape index (κ2) is 7.19. The fourth-order valence-electron chi connectivity index (χ4n) is 3.20. The monoisotopic (exact) mass is 278 g/mol. The topological polar surface area (TPSA) is 29.3 Å². The lowest BCUT2D eigenvalue weighted by molar-refractivity contribution is 0.142. The molecule has 1 fully saturated rings. The third-order valence-corrected chi connectivity index (χ3v) is 4.45. The molecular formula is C17H27FN2. The molecule has 2 rings (SSSR count). The first kappa shape index (κ1) is 15.5. The molecule has 0 radical (unpaired) electrons. The lowest BCUT2D eigenvalue weighted by Gasteiger charge is -2.36. The van der Waals surface area contributed by atoms with E-state index in [4.69, 9.17) is 5.73 Å². The van der Waals surface area contributed by atoms with Crippen LogP contribution < -0.4 is 5.73 Å². The molecule has 2 N–H and O–H groups in total. The van der Waals surface area contributed by atoms with Crippen LogP contribution in [0.3, 0.4) is 0 Å². The Morgan fingerprint density at radius 1 is 1.25 bits per heavy atom. The summed E-state index contributed by atoms with van der Waals surface area (Å²) >= 11 is 0. The van der Waals surface area contributed by atoms with E-state index in [0.29, 0.717) is 12.1 Å². The van der Waals surface area contributed by atoms with Gasteiger partial charge in [0.25, 0.3) is 0 Å². The third-order valence-electron chi connectivity index (χ3n) is 4.45. The van der Waals surface area contributed by atoms with Crippen LogP contribution in [-0.4, -0.2) is 23.5 Å². The van der Waals surface area contributed by atoms with Gasteiger partial charge in [-0.15, -0.1) is 0 Å². The zero-order valence-corrected chi connectivity index (χ0v) is 12.7. The van der Waals surface area contributed by atoms with E-state index >= 15 is 0 Å². The second-order valence-corrected chi connectivity index (χ2v) is 6.11. The van der Waals surface area contributed by atoms with Crippen LogP contribution in [0, 0.1) is 12.7 Å². The molecule has 1 aromatic rings. The van der Waals surface area contributed by atoms with Gasteiger partial charge in [-0.1, -0.05) is 13.0 Å². The largest absolute Gasteiger partial charge is 0.328 e. The van der Waals surface area contributed by atoms with E-state index in [1.807, 2.05) is 13.0 Å². The van der Waals surface area contributed by atoms with Crippen LogP contribution in [-0.2, 0) is 6.54 Å². The molecule has 112 valence electrons. The van der Waals surface area contributed by atoms with Crippen molar-refractivity contribution in [3.05, 3.63) is 35.1 Å². The molecule has 3 heteroatoms. The van der Waals surface area contributed by atoms with Crippen molar-refractivity contribution in [3.8, 4) is 0 Å². The minimum Gasteiger partial charge on any atom is -0.328 e. The molecule has 0 aromatic heterocycles. The molecule has 0 saturated heterocycles. The van der Waals surface area contributed by atoms with E-state index in [1.165, 1.54) is 18.4 Å². The number of nitrogens with two attached hydrogens (primary N) is 1. The number of hydrogen-bond donors (Lipinski definition) is 1. The SMILES string of the molecule is CCCN(Cc1ccc(F)cc1C)C1CCC(N)CC1. The highest BCUT2D eigenvalue weighted by molar-refractivity contribution is 5.26. The molecule has 1 saturated carbocycles.